The summed E-state index contributed by atoms with van der Waals surface area (Å²) >= 11 is 0. The van der Waals surface area contributed by atoms with Crippen molar-refractivity contribution in [3.05, 3.63) is 24.3 Å². The van der Waals surface area contributed by atoms with Gasteiger partial charge in [-0.2, -0.15) is 0 Å². The van der Waals surface area contributed by atoms with Gasteiger partial charge in [-0.15, -0.1) is 0 Å². The van der Waals surface area contributed by atoms with Gasteiger partial charge < -0.3 is 18.9 Å². The molecule has 1 aliphatic heterocycles. The van der Waals surface area contributed by atoms with E-state index in [9.17, 15) is 14.4 Å². The highest BCUT2D eigenvalue weighted by molar-refractivity contribution is 5.71. The van der Waals surface area contributed by atoms with Crippen molar-refractivity contribution < 1.29 is 33.3 Å². The number of hydrogen-bond acceptors (Lipinski definition) is 7. The predicted octanol–water partition coefficient (Wildman–Crippen LogP) is 17.3. The first kappa shape index (κ1) is 59.9. The largest absolute Gasteiger partial charge is 0.462 e. The van der Waals surface area contributed by atoms with Gasteiger partial charge in [-0.05, 0) is 83.5 Å². The van der Waals surface area contributed by atoms with Gasteiger partial charge in [0.1, 0.15) is 13.2 Å². The van der Waals surface area contributed by atoms with Gasteiger partial charge >= 0.3 is 17.9 Å². The van der Waals surface area contributed by atoms with Crippen LogP contribution in [-0.2, 0) is 33.3 Å². The first-order valence-corrected chi connectivity index (χ1v) is 28.0. The molecular formula is C57H104O7. The lowest BCUT2D eigenvalue weighted by Crippen LogP contribution is -2.30. The fourth-order valence-corrected chi connectivity index (χ4v) is 8.52. The summed E-state index contributed by atoms with van der Waals surface area (Å²) < 4.78 is 22.7. The maximum Gasteiger partial charge on any atom is 0.306 e. The van der Waals surface area contributed by atoms with Crippen molar-refractivity contribution in [2.45, 2.75) is 309 Å². The van der Waals surface area contributed by atoms with Gasteiger partial charge in [0.25, 0.3) is 0 Å². The molecule has 0 aromatic rings. The summed E-state index contributed by atoms with van der Waals surface area (Å²) in [5, 5.41) is 0. The summed E-state index contributed by atoms with van der Waals surface area (Å²) in [5.74, 6) is -0.900. The Morgan fingerprint density at radius 1 is 0.375 bits per heavy atom. The van der Waals surface area contributed by atoms with E-state index >= 15 is 0 Å². The Labute approximate surface area is 396 Å². The van der Waals surface area contributed by atoms with E-state index in [0.717, 1.165) is 89.9 Å². The zero-order valence-corrected chi connectivity index (χ0v) is 42.5. The SMILES string of the molecule is CCCCCCCC/C=C\CCCCCCCC(=O)OCC(COC(=O)CCCCCCCC1OC1CCCCCCCC)OC(=O)CCCCCCC/C=C\CCCCCCCC. The van der Waals surface area contributed by atoms with E-state index < -0.39 is 6.10 Å². The van der Waals surface area contributed by atoms with Crippen LogP contribution in [0.25, 0.3) is 0 Å². The van der Waals surface area contributed by atoms with Crippen LogP contribution in [0.2, 0.25) is 0 Å². The molecule has 0 amide bonds. The number of ether oxygens (including phenoxy) is 4. The van der Waals surface area contributed by atoms with Crippen LogP contribution in [0.15, 0.2) is 24.3 Å². The Morgan fingerprint density at radius 3 is 1.00 bits per heavy atom. The normalized spacial score (nSPS) is 15.3. The number of hydrogen-bond donors (Lipinski definition) is 0. The number of rotatable bonds is 50. The van der Waals surface area contributed by atoms with E-state index in [-0.39, 0.29) is 31.1 Å². The van der Waals surface area contributed by atoms with E-state index in [1.54, 1.807) is 0 Å². The van der Waals surface area contributed by atoms with Gasteiger partial charge in [-0.3, -0.25) is 14.4 Å². The quantitative estimate of drug-likeness (QED) is 0.0197. The topological polar surface area (TPSA) is 91.4 Å². The molecule has 1 aliphatic rings. The number of unbranched alkanes of at least 4 members (excludes halogenated alkanes) is 31. The molecule has 0 spiro atoms. The highest BCUT2D eigenvalue weighted by Crippen LogP contribution is 2.32. The summed E-state index contributed by atoms with van der Waals surface area (Å²) in [6.07, 6.45) is 57.4. The number of carbonyl (C=O) groups is 3. The lowest BCUT2D eigenvalue weighted by atomic mass is 10.0. The molecule has 1 heterocycles. The standard InChI is InChI=1S/C57H104O7/c1-4-7-10-13-16-18-20-22-24-26-28-30-32-37-42-47-55(58)61-50-52(63-57(60)49-44-38-33-31-29-27-25-23-21-19-17-14-11-8-5-2)51-62-56(59)48-43-39-34-36-41-46-54-53(64-54)45-40-35-15-12-9-6-3/h22-25,52-54H,4-21,26-51H2,1-3H3/b24-22-,25-23-. The Morgan fingerprint density at radius 2 is 0.656 bits per heavy atom. The Bertz CT molecular complexity index is 1100. The molecule has 0 saturated carbocycles. The summed E-state index contributed by atoms with van der Waals surface area (Å²) in [7, 11) is 0. The minimum atomic E-state index is -0.785. The molecule has 0 bridgehead atoms. The lowest BCUT2D eigenvalue weighted by Gasteiger charge is -2.18. The van der Waals surface area contributed by atoms with Crippen LogP contribution in [0.4, 0.5) is 0 Å². The van der Waals surface area contributed by atoms with Crippen molar-refractivity contribution >= 4 is 17.9 Å². The van der Waals surface area contributed by atoms with Crippen LogP contribution >= 0.6 is 0 Å². The minimum absolute atomic E-state index is 0.0835. The van der Waals surface area contributed by atoms with Crippen molar-refractivity contribution in [2.75, 3.05) is 13.2 Å². The highest BCUT2D eigenvalue weighted by Gasteiger charge is 2.36. The lowest BCUT2D eigenvalue weighted by molar-refractivity contribution is -0.167. The second-order valence-corrected chi connectivity index (χ2v) is 19.2. The van der Waals surface area contributed by atoms with E-state index in [1.165, 1.54) is 161 Å². The molecule has 0 N–H and O–H groups in total. The molecule has 374 valence electrons. The number of epoxide rings is 1. The molecule has 1 fully saturated rings. The molecule has 3 atom stereocenters. The molecule has 7 heteroatoms. The van der Waals surface area contributed by atoms with Crippen LogP contribution in [0.5, 0.6) is 0 Å². The van der Waals surface area contributed by atoms with Gasteiger partial charge in [0.2, 0.25) is 0 Å². The smallest absolute Gasteiger partial charge is 0.306 e. The highest BCUT2D eigenvalue weighted by atomic mass is 16.6. The van der Waals surface area contributed by atoms with E-state index in [4.69, 9.17) is 18.9 Å². The number of carbonyl (C=O) groups excluding carboxylic acids is 3. The third-order valence-corrected chi connectivity index (χ3v) is 12.8. The van der Waals surface area contributed by atoms with E-state index in [0.29, 0.717) is 31.5 Å². The van der Waals surface area contributed by atoms with Gasteiger partial charge in [0.05, 0.1) is 12.2 Å². The summed E-state index contributed by atoms with van der Waals surface area (Å²) in [6.45, 7) is 6.62. The molecule has 0 aromatic heterocycles. The Hall–Kier alpha value is -2.15. The molecule has 7 nitrogen and oxygen atoms in total. The fraction of sp³-hybridized carbons (Fsp3) is 0.877. The maximum absolute atomic E-state index is 12.8. The molecule has 1 rings (SSSR count). The second-order valence-electron chi connectivity index (χ2n) is 19.2. The van der Waals surface area contributed by atoms with Crippen LogP contribution in [-0.4, -0.2) is 49.4 Å². The third kappa shape index (κ3) is 42.5. The Kier molecular flexibility index (Phi) is 44.3. The molecule has 64 heavy (non-hydrogen) atoms. The zero-order chi connectivity index (χ0) is 46.2. The van der Waals surface area contributed by atoms with Crippen LogP contribution < -0.4 is 0 Å². The molecule has 3 unspecified atom stereocenters. The molecule has 0 radical (unpaired) electrons. The van der Waals surface area contributed by atoms with E-state index in [1.807, 2.05) is 0 Å². The third-order valence-electron chi connectivity index (χ3n) is 12.8. The summed E-state index contributed by atoms with van der Waals surface area (Å²) in [6, 6.07) is 0. The fourth-order valence-electron chi connectivity index (χ4n) is 8.52. The average Bonchev–Trinajstić information content (AvgIpc) is 4.05. The van der Waals surface area contributed by atoms with Gasteiger partial charge in [-0.1, -0.05) is 212 Å². The average molecular weight is 901 g/mol. The van der Waals surface area contributed by atoms with Crippen molar-refractivity contribution in [3.63, 3.8) is 0 Å². The number of esters is 3. The Balaban J connectivity index is 2.28. The summed E-state index contributed by atoms with van der Waals surface area (Å²) in [5.41, 5.74) is 0. The maximum atomic E-state index is 12.8. The van der Waals surface area contributed by atoms with Crippen molar-refractivity contribution in [1.82, 2.24) is 0 Å². The minimum Gasteiger partial charge on any atom is -0.462 e. The van der Waals surface area contributed by atoms with Crippen LogP contribution in [0.3, 0.4) is 0 Å². The zero-order valence-electron chi connectivity index (χ0n) is 42.5. The predicted molar refractivity (Wildman–Crippen MR) is 270 cm³/mol. The van der Waals surface area contributed by atoms with E-state index in [2.05, 4.69) is 45.1 Å². The van der Waals surface area contributed by atoms with Crippen LogP contribution in [0.1, 0.15) is 290 Å². The molecule has 0 aliphatic carbocycles. The van der Waals surface area contributed by atoms with Crippen molar-refractivity contribution in [3.8, 4) is 0 Å². The van der Waals surface area contributed by atoms with Crippen molar-refractivity contribution in [2.24, 2.45) is 0 Å². The monoisotopic (exact) mass is 901 g/mol. The first-order chi connectivity index (χ1) is 31.5. The second kappa shape index (κ2) is 47.3. The van der Waals surface area contributed by atoms with Gasteiger partial charge in [-0.25, -0.2) is 0 Å². The molecule has 0 aromatic carbocycles. The van der Waals surface area contributed by atoms with Crippen molar-refractivity contribution in [1.29, 1.82) is 0 Å². The van der Waals surface area contributed by atoms with Crippen LogP contribution in [0, 0.1) is 0 Å². The van der Waals surface area contributed by atoms with Gasteiger partial charge in [0, 0.05) is 19.3 Å². The van der Waals surface area contributed by atoms with Gasteiger partial charge in [0.15, 0.2) is 6.10 Å². The summed E-state index contributed by atoms with van der Waals surface area (Å²) in [4.78, 5) is 38.1. The first-order valence-electron chi connectivity index (χ1n) is 28.0. The molecule has 1 saturated heterocycles. The number of allylic oxidation sites excluding steroid dienone is 4. The molecular weight excluding hydrogens is 797 g/mol.